The van der Waals surface area contributed by atoms with Crippen LogP contribution in [-0.4, -0.2) is 12.6 Å². The Morgan fingerprint density at radius 3 is 2.79 bits per heavy atom. The molecule has 2 nitrogen and oxygen atoms in total. The van der Waals surface area contributed by atoms with Gasteiger partial charge in [-0.3, -0.25) is 0 Å². The van der Waals surface area contributed by atoms with Gasteiger partial charge in [-0.2, -0.15) is 13.2 Å². The minimum Gasteiger partial charge on any atom is -0.497 e. The minimum absolute atomic E-state index is 0.0145. The maximum absolute atomic E-state index is 12.8. The molecule has 0 fully saturated rings. The molecule has 0 radical (unpaired) electrons. The van der Waals surface area contributed by atoms with Crippen LogP contribution in [-0.2, 0) is 10.9 Å². The van der Waals surface area contributed by atoms with Crippen molar-refractivity contribution in [3.8, 4) is 0 Å². The van der Waals surface area contributed by atoms with Crippen LogP contribution in [0.4, 0.5) is 18.9 Å². The molecule has 1 atom stereocenters. The summed E-state index contributed by atoms with van der Waals surface area (Å²) in [6, 6.07) is 4.28. The fourth-order valence-corrected chi connectivity index (χ4v) is 2.00. The lowest BCUT2D eigenvalue weighted by atomic mass is 10.1. The molecule has 1 aliphatic rings. The Balaban J connectivity index is 2.03. The van der Waals surface area contributed by atoms with E-state index in [1.54, 1.807) is 12.3 Å². The van der Waals surface area contributed by atoms with Gasteiger partial charge in [-0.1, -0.05) is 6.07 Å². The van der Waals surface area contributed by atoms with Crippen molar-refractivity contribution in [2.45, 2.75) is 32.0 Å². The zero-order chi connectivity index (χ0) is 13.9. The number of halogens is 3. The summed E-state index contributed by atoms with van der Waals surface area (Å²) < 4.78 is 43.6. The van der Waals surface area contributed by atoms with Gasteiger partial charge in [-0.05, 0) is 43.5 Å². The number of hydrogen-bond donors (Lipinski definition) is 1. The lowest BCUT2D eigenvalue weighted by Gasteiger charge is -2.21. The molecule has 1 aromatic carbocycles. The Labute approximate surface area is 110 Å². The summed E-state index contributed by atoms with van der Waals surface area (Å²) in [6.07, 6.45) is 1.10. The molecule has 1 unspecified atom stereocenters. The molecule has 0 saturated heterocycles. The van der Waals surface area contributed by atoms with Crippen molar-refractivity contribution >= 4 is 5.69 Å². The van der Waals surface area contributed by atoms with E-state index in [1.807, 2.05) is 6.08 Å². The van der Waals surface area contributed by atoms with Crippen molar-refractivity contribution in [3.63, 3.8) is 0 Å². The van der Waals surface area contributed by atoms with Crippen LogP contribution in [0.25, 0.3) is 0 Å². The number of benzene rings is 1. The van der Waals surface area contributed by atoms with Gasteiger partial charge in [0.2, 0.25) is 0 Å². The standard InChI is InChI=1S/C14H16F3NO/c1-10-5-6-11(8-13(10)14(15,16)17)18-9-12-4-2-3-7-19-12/h3,5-8,12,18H,2,4,9H2,1H3. The third-order valence-corrected chi connectivity index (χ3v) is 3.10. The van der Waals surface area contributed by atoms with Gasteiger partial charge in [0.15, 0.2) is 0 Å². The fraction of sp³-hybridized carbons (Fsp3) is 0.429. The predicted octanol–water partition coefficient (Wildman–Crippen LogP) is 4.12. The van der Waals surface area contributed by atoms with Gasteiger partial charge in [-0.15, -0.1) is 0 Å². The first-order valence-corrected chi connectivity index (χ1v) is 6.19. The summed E-state index contributed by atoms with van der Waals surface area (Å²) in [6.45, 7) is 1.96. The lowest BCUT2D eigenvalue weighted by Crippen LogP contribution is -2.23. The average molecular weight is 271 g/mol. The summed E-state index contributed by atoms with van der Waals surface area (Å²) in [5, 5.41) is 3.00. The number of nitrogens with one attached hydrogen (secondary N) is 1. The maximum Gasteiger partial charge on any atom is 0.416 e. The molecule has 0 spiro atoms. The van der Waals surface area contributed by atoms with Crippen molar-refractivity contribution in [2.75, 3.05) is 11.9 Å². The maximum atomic E-state index is 12.8. The van der Waals surface area contributed by atoms with Crippen molar-refractivity contribution in [2.24, 2.45) is 0 Å². The van der Waals surface area contributed by atoms with E-state index in [2.05, 4.69) is 5.32 Å². The number of hydrogen-bond acceptors (Lipinski definition) is 2. The molecule has 1 aromatic rings. The second kappa shape index (κ2) is 5.55. The number of ether oxygens (including phenoxy) is 1. The summed E-state index contributed by atoms with van der Waals surface area (Å²) in [5.74, 6) is 0. The largest absolute Gasteiger partial charge is 0.497 e. The van der Waals surface area contributed by atoms with E-state index in [0.717, 1.165) is 18.9 Å². The Morgan fingerprint density at radius 1 is 1.37 bits per heavy atom. The van der Waals surface area contributed by atoms with Gasteiger partial charge >= 0.3 is 6.18 Å². The topological polar surface area (TPSA) is 21.3 Å². The Kier molecular flexibility index (Phi) is 4.02. The van der Waals surface area contributed by atoms with Gasteiger partial charge < -0.3 is 10.1 Å². The van der Waals surface area contributed by atoms with Crippen molar-refractivity contribution < 1.29 is 17.9 Å². The van der Waals surface area contributed by atoms with E-state index in [4.69, 9.17) is 4.74 Å². The van der Waals surface area contributed by atoms with E-state index in [-0.39, 0.29) is 11.7 Å². The first-order valence-electron chi connectivity index (χ1n) is 6.19. The van der Waals surface area contributed by atoms with Gasteiger partial charge in [0, 0.05) is 5.69 Å². The molecule has 1 aliphatic heterocycles. The molecule has 1 heterocycles. The zero-order valence-electron chi connectivity index (χ0n) is 10.6. The summed E-state index contributed by atoms with van der Waals surface area (Å²) in [5.41, 5.74) is 0.105. The van der Waals surface area contributed by atoms with Crippen LogP contribution in [0.2, 0.25) is 0 Å². The number of allylic oxidation sites excluding steroid dienone is 1. The molecule has 104 valence electrons. The van der Waals surface area contributed by atoms with Crippen LogP contribution < -0.4 is 5.32 Å². The van der Waals surface area contributed by atoms with E-state index in [9.17, 15) is 13.2 Å². The third-order valence-electron chi connectivity index (χ3n) is 3.10. The van der Waals surface area contributed by atoms with E-state index >= 15 is 0 Å². The van der Waals surface area contributed by atoms with E-state index in [1.165, 1.54) is 13.0 Å². The summed E-state index contributed by atoms with van der Waals surface area (Å²) in [7, 11) is 0. The molecule has 0 saturated carbocycles. The molecule has 0 aliphatic carbocycles. The Bertz CT molecular complexity index is 468. The quantitative estimate of drug-likeness (QED) is 0.893. The zero-order valence-corrected chi connectivity index (χ0v) is 10.6. The monoisotopic (exact) mass is 271 g/mol. The fourth-order valence-electron chi connectivity index (χ4n) is 2.00. The van der Waals surface area contributed by atoms with Crippen LogP contribution in [0.1, 0.15) is 24.0 Å². The highest BCUT2D eigenvalue weighted by Crippen LogP contribution is 2.33. The third kappa shape index (κ3) is 3.66. The molecule has 1 N–H and O–H groups in total. The van der Waals surface area contributed by atoms with Crippen molar-refractivity contribution in [3.05, 3.63) is 41.7 Å². The molecule has 0 bridgehead atoms. The van der Waals surface area contributed by atoms with Crippen LogP contribution in [0, 0.1) is 6.92 Å². The Hall–Kier alpha value is -1.65. The van der Waals surface area contributed by atoms with E-state index in [0.29, 0.717) is 12.2 Å². The number of rotatable bonds is 3. The number of anilines is 1. The summed E-state index contributed by atoms with van der Waals surface area (Å²) in [4.78, 5) is 0. The van der Waals surface area contributed by atoms with Gasteiger partial charge in [0.05, 0.1) is 18.4 Å². The van der Waals surface area contributed by atoms with Crippen LogP contribution in [0.5, 0.6) is 0 Å². The van der Waals surface area contributed by atoms with Gasteiger partial charge in [0.25, 0.3) is 0 Å². The molecule has 2 rings (SSSR count). The molecular formula is C14H16F3NO. The van der Waals surface area contributed by atoms with Crippen LogP contribution in [0.15, 0.2) is 30.5 Å². The smallest absolute Gasteiger partial charge is 0.416 e. The first kappa shape index (κ1) is 13.8. The highest BCUT2D eigenvalue weighted by atomic mass is 19.4. The SMILES string of the molecule is Cc1ccc(NCC2CCC=CO2)cc1C(F)(F)F. The molecular weight excluding hydrogens is 255 g/mol. The lowest BCUT2D eigenvalue weighted by molar-refractivity contribution is -0.138. The van der Waals surface area contributed by atoms with E-state index < -0.39 is 11.7 Å². The van der Waals surface area contributed by atoms with Gasteiger partial charge in [0.1, 0.15) is 6.10 Å². The predicted molar refractivity (Wildman–Crippen MR) is 67.9 cm³/mol. The van der Waals surface area contributed by atoms with Crippen molar-refractivity contribution in [1.82, 2.24) is 0 Å². The second-order valence-electron chi connectivity index (χ2n) is 4.62. The van der Waals surface area contributed by atoms with Crippen LogP contribution >= 0.6 is 0 Å². The molecule has 5 heteroatoms. The number of alkyl halides is 3. The van der Waals surface area contributed by atoms with Gasteiger partial charge in [-0.25, -0.2) is 0 Å². The molecule has 0 amide bonds. The normalized spacial score (nSPS) is 19.1. The summed E-state index contributed by atoms with van der Waals surface area (Å²) >= 11 is 0. The molecule has 19 heavy (non-hydrogen) atoms. The highest BCUT2D eigenvalue weighted by Gasteiger charge is 2.32. The second-order valence-corrected chi connectivity index (χ2v) is 4.62. The Morgan fingerprint density at radius 2 is 2.16 bits per heavy atom. The highest BCUT2D eigenvalue weighted by molar-refractivity contribution is 5.49. The van der Waals surface area contributed by atoms with Crippen molar-refractivity contribution in [1.29, 1.82) is 0 Å². The van der Waals surface area contributed by atoms with Crippen LogP contribution in [0.3, 0.4) is 0 Å². The first-order chi connectivity index (χ1) is 8.97. The molecule has 0 aromatic heterocycles. The number of aryl methyl sites for hydroxylation is 1. The average Bonchev–Trinajstić information content (AvgIpc) is 2.37. The minimum atomic E-state index is -4.31.